The largest absolute Gasteiger partial charge is 0.462 e. The Hall–Kier alpha value is -1.20. The summed E-state index contributed by atoms with van der Waals surface area (Å²) in [4.78, 5) is 12.4. The number of thioether (sulfide) groups is 1. The highest BCUT2D eigenvalue weighted by atomic mass is 32.2. The van der Waals surface area contributed by atoms with Crippen LogP contribution in [0.1, 0.15) is 30.6 Å². The molecule has 1 aromatic rings. The van der Waals surface area contributed by atoms with Crippen molar-refractivity contribution >= 4 is 23.4 Å². The van der Waals surface area contributed by atoms with Crippen molar-refractivity contribution in [3.05, 3.63) is 23.8 Å². The normalized spacial score (nSPS) is 12.2. The molecule has 0 aromatic heterocycles. The first-order valence-electron chi connectivity index (χ1n) is 5.92. The van der Waals surface area contributed by atoms with Gasteiger partial charge < -0.3 is 15.6 Å². The van der Waals surface area contributed by atoms with E-state index in [1.54, 1.807) is 30.8 Å². The molecule has 1 atom stereocenters. The van der Waals surface area contributed by atoms with E-state index < -0.39 is 0 Å². The number of rotatable bonds is 6. The highest BCUT2D eigenvalue weighted by Crippen LogP contribution is 2.30. The van der Waals surface area contributed by atoms with E-state index in [1.165, 1.54) is 0 Å². The number of ether oxygens (including phenoxy) is 1. The van der Waals surface area contributed by atoms with Crippen LogP contribution in [0.4, 0.5) is 5.69 Å². The maximum atomic E-state index is 11.5. The first-order chi connectivity index (χ1) is 8.58. The Balaban J connectivity index is 2.76. The number of anilines is 1. The Morgan fingerprint density at radius 3 is 2.83 bits per heavy atom. The standard InChI is InChI=1S/C13H19NO3S/c1-3-17-13(16)10-4-5-12(11(14)8-10)18-9(2)6-7-15/h4-5,8-9,15H,3,6-7,14H2,1-2H3. The number of aliphatic hydroxyl groups excluding tert-OH is 1. The Labute approximate surface area is 112 Å². The van der Waals surface area contributed by atoms with Crippen molar-refractivity contribution in [2.24, 2.45) is 0 Å². The molecule has 0 amide bonds. The van der Waals surface area contributed by atoms with Gasteiger partial charge in [-0.05, 0) is 31.5 Å². The molecule has 1 unspecified atom stereocenters. The summed E-state index contributed by atoms with van der Waals surface area (Å²) in [5, 5.41) is 9.14. The van der Waals surface area contributed by atoms with Crippen LogP contribution in [0.15, 0.2) is 23.1 Å². The van der Waals surface area contributed by atoms with Crippen molar-refractivity contribution < 1.29 is 14.6 Å². The predicted molar refractivity (Wildman–Crippen MR) is 73.8 cm³/mol. The van der Waals surface area contributed by atoms with Crippen LogP contribution >= 0.6 is 11.8 Å². The number of benzene rings is 1. The summed E-state index contributed by atoms with van der Waals surface area (Å²) in [6.45, 7) is 4.30. The van der Waals surface area contributed by atoms with Gasteiger partial charge in [-0.3, -0.25) is 0 Å². The molecule has 0 aliphatic carbocycles. The lowest BCUT2D eigenvalue weighted by Crippen LogP contribution is -2.06. The molecule has 0 spiro atoms. The van der Waals surface area contributed by atoms with Crippen molar-refractivity contribution in [1.29, 1.82) is 0 Å². The minimum atomic E-state index is -0.357. The van der Waals surface area contributed by atoms with Gasteiger partial charge in [0.25, 0.3) is 0 Å². The third kappa shape index (κ3) is 4.23. The number of nitrogens with two attached hydrogens (primary N) is 1. The van der Waals surface area contributed by atoms with Gasteiger partial charge in [0.2, 0.25) is 0 Å². The second kappa shape index (κ2) is 7.28. The Bertz CT molecular complexity index is 409. The van der Waals surface area contributed by atoms with Crippen LogP contribution in [0.3, 0.4) is 0 Å². The van der Waals surface area contributed by atoms with Crippen LogP contribution in [0.5, 0.6) is 0 Å². The number of esters is 1. The van der Waals surface area contributed by atoms with Gasteiger partial charge in [0.15, 0.2) is 0 Å². The van der Waals surface area contributed by atoms with Gasteiger partial charge in [0, 0.05) is 22.4 Å². The Morgan fingerprint density at radius 1 is 1.56 bits per heavy atom. The van der Waals surface area contributed by atoms with Crippen molar-refractivity contribution in [1.82, 2.24) is 0 Å². The summed E-state index contributed by atoms with van der Waals surface area (Å²) in [6.07, 6.45) is 0.712. The summed E-state index contributed by atoms with van der Waals surface area (Å²) in [7, 11) is 0. The number of carbonyl (C=O) groups excluding carboxylic acids is 1. The van der Waals surface area contributed by atoms with Gasteiger partial charge in [0.1, 0.15) is 0 Å². The lowest BCUT2D eigenvalue weighted by molar-refractivity contribution is 0.0526. The van der Waals surface area contributed by atoms with E-state index in [1.807, 2.05) is 13.0 Å². The van der Waals surface area contributed by atoms with E-state index in [2.05, 4.69) is 0 Å². The first kappa shape index (κ1) is 14.9. The lowest BCUT2D eigenvalue weighted by Gasteiger charge is -2.12. The van der Waals surface area contributed by atoms with E-state index in [-0.39, 0.29) is 17.8 Å². The molecule has 0 aliphatic heterocycles. The number of carbonyl (C=O) groups is 1. The summed E-state index contributed by atoms with van der Waals surface area (Å²) < 4.78 is 4.91. The Kier molecular flexibility index (Phi) is 6.01. The molecule has 100 valence electrons. The number of aliphatic hydroxyl groups is 1. The molecule has 0 heterocycles. The zero-order chi connectivity index (χ0) is 13.5. The second-order valence-electron chi connectivity index (χ2n) is 3.91. The summed E-state index contributed by atoms with van der Waals surface area (Å²) >= 11 is 1.59. The topological polar surface area (TPSA) is 72.5 Å². The highest BCUT2D eigenvalue weighted by Gasteiger charge is 2.11. The molecular formula is C13H19NO3S. The third-order valence-corrected chi connectivity index (χ3v) is 3.65. The van der Waals surface area contributed by atoms with Crippen LogP contribution in [-0.4, -0.2) is 29.5 Å². The van der Waals surface area contributed by atoms with Crippen LogP contribution < -0.4 is 5.73 Å². The van der Waals surface area contributed by atoms with Gasteiger partial charge in [-0.25, -0.2) is 4.79 Å². The minimum Gasteiger partial charge on any atom is -0.462 e. The molecule has 0 saturated heterocycles. The van der Waals surface area contributed by atoms with Crippen molar-refractivity contribution in [2.45, 2.75) is 30.4 Å². The number of nitrogen functional groups attached to an aromatic ring is 1. The predicted octanol–water partition coefficient (Wildman–Crippen LogP) is 2.31. The molecule has 3 N–H and O–H groups in total. The number of hydrogen-bond acceptors (Lipinski definition) is 5. The van der Waals surface area contributed by atoms with E-state index in [0.717, 1.165) is 4.90 Å². The van der Waals surface area contributed by atoms with Crippen molar-refractivity contribution in [3.8, 4) is 0 Å². The van der Waals surface area contributed by atoms with Crippen LogP contribution in [-0.2, 0) is 4.74 Å². The molecule has 0 bridgehead atoms. The summed E-state index contributed by atoms with van der Waals surface area (Å²) in [5.74, 6) is -0.357. The van der Waals surface area contributed by atoms with Gasteiger partial charge in [-0.1, -0.05) is 6.92 Å². The zero-order valence-corrected chi connectivity index (χ0v) is 11.5. The average molecular weight is 269 g/mol. The highest BCUT2D eigenvalue weighted by molar-refractivity contribution is 8.00. The maximum absolute atomic E-state index is 11.5. The number of hydrogen-bond donors (Lipinski definition) is 2. The van der Waals surface area contributed by atoms with E-state index >= 15 is 0 Å². The summed E-state index contributed by atoms with van der Waals surface area (Å²) in [5.41, 5.74) is 6.94. The molecule has 18 heavy (non-hydrogen) atoms. The second-order valence-corrected chi connectivity index (χ2v) is 5.39. The third-order valence-electron chi connectivity index (χ3n) is 2.38. The van der Waals surface area contributed by atoms with Gasteiger partial charge in [-0.2, -0.15) is 0 Å². The lowest BCUT2D eigenvalue weighted by atomic mass is 10.2. The molecule has 0 fully saturated rings. The fourth-order valence-electron chi connectivity index (χ4n) is 1.45. The van der Waals surface area contributed by atoms with Crippen molar-refractivity contribution in [3.63, 3.8) is 0 Å². The van der Waals surface area contributed by atoms with E-state index in [0.29, 0.717) is 24.3 Å². The van der Waals surface area contributed by atoms with Gasteiger partial charge >= 0.3 is 5.97 Å². The van der Waals surface area contributed by atoms with Crippen LogP contribution in [0, 0.1) is 0 Å². The van der Waals surface area contributed by atoms with Gasteiger partial charge in [0.05, 0.1) is 12.2 Å². The van der Waals surface area contributed by atoms with E-state index in [4.69, 9.17) is 15.6 Å². The van der Waals surface area contributed by atoms with Crippen molar-refractivity contribution in [2.75, 3.05) is 18.9 Å². The molecule has 0 radical (unpaired) electrons. The molecule has 5 heteroatoms. The Morgan fingerprint density at radius 2 is 2.28 bits per heavy atom. The van der Waals surface area contributed by atoms with Crippen LogP contribution in [0.2, 0.25) is 0 Å². The fraction of sp³-hybridized carbons (Fsp3) is 0.462. The molecular weight excluding hydrogens is 250 g/mol. The van der Waals surface area contributed by atoms with Crippen LogP contribution in [0.25, 0.3) is 0 Å². The quantitative estimate of drug-likeness (QED) is 0.471. The average Bonchev–Trinajstić information content (AvgIpc) is 2.32. The minimum absolute atomic E-state index is 0.162. The first-order valence-corrected chi connectivity index (χ1v) is 6.80. The van der Waals surface area contributed by atoms with Gasteiger partial charge in [-0.15, -0.1) is 11.8 Å². The summed E-state index contributed by atoms with van der Waals surface area (Å²) in [6, 6.07) is 5.16. The molecule has 0 saturated carbocycles. The van der Waals surface area contributed by atoms with E-state index in [9.17, 15) is 4.79 Å². The maximum Gasteiger partial charge on any atom is 0.338 e. The fourth-order valence-corrected chi connectivity index (χ4v) is 2.45. The SMILES string of the molecule is CCOC(=O)c1ccc(SC(C)CCO)c(N)c1. The molecule has 1 aromatic carbocycles. The molecule has 1 rings (SSSR count). The smallest absolute Gasteiger partial charge is 0.338 e. The monoisotopic (exact) mass is 269 g/mol. The molecule has 4 nitrogen and oxygen atoms in total. The molecule has 0 aliphatic rings. The zero-order valence-electron chi connectivity index (χ0n) is 10.7.